The van der Waals surface area contributed by atoms with Crippen LogP contribution in [0.3, 0.4) is 0 Å². The highest BCUT2D eigenvalue weighted by molar-refractivity contribution is 5.90. The molecule has 1 amide bonds. The maximum absolute atomic E-state index is 12.1. The number of carbonyl (C=O) groups is 1. The molecular weight excluding hydrogens is 400 g/mol. The molecule has 31 heavy (non-hydrogen) atoms. The van der Waals surface area contributed by atoms with Gasteiger partial charge in [0.2, 0.25) is 5.91 Å². The highest BCUT2D eigenvalue weighted by Crippen LogP contribution is 2.20. The van der Waals surface area contributed by atoms with Crippen LogP contribution in [-0.4, -0.2) is 27.2 Å². The summed E-state index contributed by atoms with van der Waals surface area (Å²) in [5, 5.41) is 17.7. The average molecular weight is 422 g/mol. The molecule has 1 aromatic heterocycles. The second-order valence-electron chi connectivity index (χ2n) is 6.69. The van der Waals surface area contributed by atoms with Crippen molar-refractivity contribution in [1.82, 2.24) is 9.78 Å². The van der Waals surface area contributed by atoms with E-state index in [0.29, 0.717) is 24.4 Å². The van der Waals surface area contributed by atoms with E-state index in [-0.39, 0.29) is 30.1 Å². The van der Waals surface area contributed by atoms with Gasteiger partial charge in [0, 0.05) is 42.4 Å². The van der Waals surface area contributed by atoms with Gasteiger partial charge >= 0.3 is 0 Å². The highest BCUT2D eigenvalue weighted by Gasteiger charge is 2.08. The predicted octanol–water partition coefficient (Wildman–Crippen LogP) is 3.64. The molecule has 1 N–H and O–H groups in total. The smallest absolute Gasteiger partial charge is 0.269 e. The van der Waals surface area contributed by atoms with Crippen molar-refractivity contribution in [1.29, 1.82) is 0 Å². The van der Waals surface area contributed by atoms with Crippen molar-refractivity contribution in [2.45, 2.75) is 26.3 Å². The molecule has 0 fully saturated rings. The summed E-state index contributed by atoms with van der Waals surface area (Å²) >= 11 is 0. The van der Waals surface area contributed by atoms with Crippen molar-refractivity contribution < 1.29 is 14.5 Å². The SMILES string of the molecule is CCOc1ccc(-c2ccc(=O)n(CCCC(=O)Nc3ccc([N+](=O)[O-])cc3)n2)cc1. The molecule has 0 spiro atoms. The number of nitro benzene ring substituents is 1. The summed E-state index contributed by atoms with van der Waals surface area (Å²) in [5.74, 6) is 0.517. The topological polar surface area (TPSA) is 116 Å². The second-order valence-corrected chi connectivity index (χ2v) is 6.69. The minimum absolute atomic E-state index is 0.0455. The Morgan fingerprint density at radius 3 is 2.45 bits per heavy atom. The number of aromatic nitrogens is 2. The fraction of sp³-hybridized carbons (Fsp3) is 0.227. The van der Waals surface area contributed by atoms with Gasteiger partial charge in [0.05, 0.1) is 17.2 Å². The number of anilines is 1. The number of hydrogen-bond donors (Lipinski definition) is 1. The van der Waals surface area contributed by atoms with Gasteiger partial charge in [0.1, 0.15) is 5.75 Å². The number of nitrogens with zero attached hydrogens (tertiary/aromatic N) is 3. The van der Waals surface area contributed by atoms with Gasteiger partial charge in [-0.05, 0) is 55.8 Å². The molecule has 3 rings (SSSR count). The molecule has 3 aromatic rings. The first kappa shape index (κ1) is 21.7. The molecule has 0 radical (unpaired) electrons. The summed E-state index contributed by atoms with van der Waals surface area (Å²) in [4.78, 5) is 34.4. The van der Waals surface area contributed by atoms with Gasteiger partial charge in [-0.3, -0.25) is 19.7 Å². The molecule has 0 aliphatic carbocycles. The van der Waals surface area contributed by atoms with Crippen molar-refractivity contribution in [3.63, 3.8) is 0 Å². The molecule has 2 aromatic carbocycles. The second kappa shape index (κ2) is 10.1. The van der Waals surface area contributed by atoms with Crippen LogP contribution in [0.1, 0.15) is 19.8 Å². The number of hydrogen-bond acceptors (Lipinski definition) is 6. The van der Waals surface area contributed by atoms with Crippen LogP contribution in [0.5, 0.6) is 5.75 Å². The van der Waals surface area contributed by atoms with Crippen molar-refractivity contribution in [3.05, 3.63) is 81.1 Å². The fourth-order valence-corrected chi connectivity index (χ4v) is 2.93. The molecule has 9 nitrogen and oxygen atoms in total. The zero-order valence-corrected chi connectivity index (χ0v) is 17.0. The molecule has 0 aliphatic rings. The Balaban J connectivity index is 1.57. The van der Waals surface area contributed by atoms with Gasteiger partial charge < -0.3 is 10.1 Å². The Hall–Kier alpha value is -4.01. The Morgan fingerprint density at radius 1 is 1.10 bits per heavy atom. The number of non-ortho nitro benzene ring substituents is 1. The van der Waals surface area contributed by atoms with Crippen LogP contribution in [0.4, 0.5) is 11.4 Å². The maximum Gasteiger partial charge on any atom is 0.269 e. The summed E-state index contributed by atoms with van der Waals surface area (Å²) in [7, 11) is 0. The summed E-state index contributed by atoms with van der Waals surface area (Å²) < 4.78 is 6.77. The van der Waals surface area contributed by atoms with E-state index in [2.05, 4.69) is 10.4 Å². The zero-order valence-electron chi connectivity index (χ0n) is 17.0. The van der Waals surface area contributed by atoms with E-state index < -0.39 is 4.92 Å². The van der Waals surface area contributed by atoms with Crippen LogP contribution in [0.2, 0.25) is 0 Å². The van der Waals surface area contributed by atoms with Crippen LogP contribution in [-0.2, 0) is 11.3 Å². The van der Waals surface area contributed by atoms with Crippen molar-refractivity contribution in [3.8, 4) is 17.0 Å². The third-order valence-corrected chi connectivity index (χ3v) is 4.46. The van der Waals surface area contributed by atoms with Crippen LogP contribution in [0.15, 0.2) is 65.5 Å². The number of nitro groups is 1. The summed E-state index contributed by atoms with van der Waals surface area (Å²) in [6.07, 6.45) is 0.594. The lowest BCUT2D eigenvalue weighted by molar-refractivity contribution is -0.384. The fourth-order valence-electron chi connectivity index (χ4n) is 2.93. The minimum atomic E-state index is -0.502. The lowest BCUT2D eigenvalue weighted by Crippen LogP contribution is -2.23. The van der Waals surface area contributed by atoms with Gasteiger partial charge in [-0.2, -0.15) is 5.10 Å². The molecule has 0 aliphatic heterocycles. The third kappa shape index (κ3) is 5.99. The summed E-state index contributed by atoms with van der Waals surface area (Å²) in [6.45, 7) is 2.79. The van der Waals surface area contributed by atoms with Crippen LogP contribution < -0.4 is 15.6 Å². The number of carbonyl (C=O) groups excluding carboxylic acids is 1. The molecule has 160 valence electrons. The van der Waals surface area contributed by atoms with Gasteiger partial charge in [0.25, 0.3) is 11.2 Å². The largest absolute Gasteiger partial charge is 0.494 e. The third-order valence-electron chi connectivity index (χ3n) is 4.46. The number of ether oxygens (including phenoxy) is 1. The highest BCUT2D eigenvalue weighted by atomic mass is 16.6. The van der Waals surface area contributed by atoms with Crippen molar-refractivity contribution >= 4 is 17.3 Å². The van der Waals surface area contributed by atoms with Crippen LogP contribution in [0, 0.1) is 10.1 Å². The molecule has 9 heteroatoms. The molecule has 0 unspecified atom stereocenters. The van der Waals surface area contributed by atoms with Crippen molar-refractivity contribution in [2.24, 2.45) is 0 Å². The number of amides is 1. The standard InChI is InChI=1S/C22H22N4O5/c1-2-31-19-11-5-16(6-12-19)20-13-14-22(28)25(24-20)15-3-4-21(27)23-17-7-9-18(10-8-17)26(29)30/h5-14H,2-4,15H2,1H3,(H,23,27). The van der Waals surface area contributed by atoms with Gasteiger partial charge in [0.15, 0.2) is 0 Å². The van der Waals surface area contributed by atoms with E-state index in [1.54, 1.807) is 6.07 Å². The molecule has 1 heterocycles. The lowest BCUT2D eigenvalue weighted by Gasteiger charge is -2.09. The Morgan fingerprint density at radius 2 is 1.81 bits per heavy atom. The van der Waals surface area contributed by atoms with Crippen LogP contribution >= 0.6 is 0 Å². The van der Waals surface area contributed by atoms with Crippen LogP contribution in [0.25, 0.3) is 11.3 Å². The van der Waals surface area contributed by atoms with Crippen molar-refractivity contribution in [2.75, 3.05) is 11.9 Å². The van der Waals surface area contributed by atoms with E-state index in [4.69, 9.17) is 4.74 Å². The summed E-state index contributed by atoms with van der Waals surface area (Å²) in [6, 6.07) is 16.2. The minimum Gasteiger partial charge on any atom is -0.494 e. The van der Waals surface area contributed by atoms with E-state index >= 15 is 0 Å². The Labute approximate surface area is 178 Å². The molecular formula is C22H22N4O5. The molecule has 0 saturated carbocycles. The molecule has 0 atom stereocenters. The van der Waals surface area contributed by atoms with E-state index in [1.807, 2.05) is 31.2 Å². The number of rotatable bonds is 9. The molecule has 0 saturated heterocycles. The molecule has 0 bridgehead atoms. The van der Waals surface area contributed by atoms with Gasteiger partial charge in [-0.25, -0.2) is 4.68 Å². The Bertz CT molecular complexity index is 1110. The summed E-state index contributed by atoms with van der Waals surface area (Å²) in [5.41, 5.74) is 1.69. The first-order chi connectivity index (χ1) is 15.0. The first-order valence-corrected chi connectivity index (χ1v) is 9.82. The average Bonchev–Trinajstić information content (AvgIpc) is 2.76. The maximum atomic E-state index is 12.1. The van der Waals surface area contributed by atoms with Gasteiger partial charge in [-0.1, -0.05) is 0 Å². The number of aryl methyl sites for hydroxylation is 1. The number of benzene rings is 2. The zero-order chi connectivity index (χ0) is 22.2. The van der Waals surface area contributed by atoms with E-state index in [9.17, 15) is 19.7 Å². The quantitative estimate of drug-likeness (QED) is 0.416. The van der Waals surface area contributed by atoms with E-state index in [0.717, 1.165) is 11.3 Å². The Kier molecular flexibility index (Phi) is 7.10. The monoisotopic (exact) mass is 422 g/mol. The van der Waals surface area contributed by atoms with E-state index in [1.165, 1.54) is 35.0 Å². The lowest BCUT2D eigenvalue weighted by atomic mass is 10.1. The first-order valence-electron chi connectivity index (χ1n) is 9.82. The normalized spacial score (nSPS) is 10.5. The van der Waals surface area contributed by atoms with Gasteiger partial charge in [-0.15, -0.1) is 0 Å². The number of nitrogens with one attached hydrogen (secondary N) is 1. The predicted molar refractivity (Wildman–Crippen MR) is 116 cm³/mol.